The fraction of sp³-hybridized carbons (Fsp3) is 0.522. The van der Waals surface area contributed by atoms with E-state index in [1.807, 2.05) is 6.92 Å². The number of halogens is 1. The van der Waals surface area contributed by atoms with E-state index in [1.54, 1.807) is 6.20 Å². The highest BCUT2D eigenvalue weighted by Crippen LogP contribution is 2.37. The first-order chi connectivity index (χ1) is 15.9. The number of urea groups is 1. The summed E-state index contributed by atoms with van der Waals surface area (Å²) in [5.41, 5.74) is 0.626. The van der Waals surface area contributed by atoms with Crippen molar-refractivity contribution in [3.05, 3.63) is 29.7 Å². The lowest BCUT2D eigenvalue weighted by molar-refractivity contribution is 0.250. The summed E-state index contributed by atoms with van der Waals surface area (Å²) in [6.07, 6.45) is 3.72. The molecule has 3 rings (SSSR count). The maximum Gasteiger partial charge on any atom is 0.330 e. The van der Waals surface area contributed by atoms with Crippen LogP contribution in [0.25, 0.3) is 0 Å². The molecule has 2 aromatic rings. The number of amides is 2. The molecule has 2 N–H and O–H groups in total. The van der Waals surface area contributed by atoms with E-state index in [9.17, 15) is 14.3 Å². The number of nitrogens with zero attached hydrogens (tertiary/aromatic N) is 5. The van der Waals surface area contributed by atoms with E-state index in [2.05, 4.69) is 34.0 Å². The van der Waals surface area contributed by atoms with Crippen molar-refractivity contribution in [2.75, 3.05) is 55.0 Å². The van der Waals surface area contributed by atoms with Gasteiger partial charge in [0.25, 0.3) is 0 Å². The summed E-state index contributed by atoms with van der Waals surface area (Å²) in [5, 5.41) is 13.2. The van der Waals surface area contributed by atoms with Crippen LogP contribution in [0.4, 0.5) is 26.6 Å². The van der Waals surface area contributed by atoms with Gasteiger partial charge in [0, 0.05) is 37.0 Å². The van der Waals surface area contributed by atoms with Crippen LogP contribution >= 0.6 is 0 Å². The molecule has 10 heteroatoms. The third-order valence-corrected chi connectivity index (χ3v) is 5.82. The van der Waals surface area contributed by atoms with Crippen LogP contribution in [-0.4, -0.2) is 65.8 Å². The van der Waals surface area contributed by atoms with Gasteiger partial charge < -0.3 is 20.1 Å². The number of aromatic hydroxyl groups is 1. The summed E-state index contributed by atoms with van der Waals surface area (Å²) >= 11 is 0. The zero-order valence-electron chi connectivity index (χ0n) is 19.8. The van der Waals surface area contributed by atoms with Crippen molar-refractivity contribution in [3.63, 3.8) is 0 Å². The Morgan fingerprint density at radius 3 is 2.67 bits per heavy atom. The van der Waals surface area contributed by atoms with Crippen molar-refractivity contribution >= 4 is 23.5 Å². The van der Waals surface area contributed by atoms with Gasteiger partial charge in [0.1, 0.15) is 11.6 Å². The maximum absolute atomic E-state index is 14.7. The highest BCUT2D eigenvalue weighted by atomic mass is 19.1. The molecule has 0 saturated heterocycles. The largest absolute Gasteiger partial charge is 0.505 e. The number of rotatable bonds is 11. The quantitative estimate of drug-likeness (QED) is 0.492. The van der Waals surface area contributed by atoms with Crippen LogP contribution in [0.5, 0.6) is 11.5 Å². The lowest BCUT2D eigenvalue weighted by Crippen LogP contribution is -2.48. The SMILES string of the molecule is CCN(CC)CCCCNc1ncc2c(n1)N(CC)C(=O)N(c1cc(OC)cc(O)c1F)C2. The van der Waals surface area contributed by atoms with Crippen LogP contribution < -0.4 is 19.9 Å². The Hall–Kier alpha value is -3.14. The van der Waals surface area contributed by atoms with Gasteiger partial charge in [-0.3, -0.25) is 9.80 Å². The molecule has 2 amide bonds. The number of carbonyl (C=O) groups is 1. The summed E-state index contributed by atoms with van der Waals surface area (Å²) in [7, 11) is 1.41. The number of nitrogens with one attached hydrogen (secondary N) is 1. The van der Waals surface area contributed by atoms with Gasteiger partial charge in [-0.15, -0.1) is 0 Å². The van der Waals surface area contributed by atoms with Gasteiger partial charge in [0.2, 0.25) is 5.95 Å². The number of benzene rings is 1. The van der Waals surface area contributed by atoms with Gasteiger partial charge in [-0.25, -0.2) is 14.2 Å². The van der Waals surface area contributed by atoms with Crippen molar-refractivity contribution in [1.29, 1.82) is 0 Å². The fourth-order valence-electron chi connectivity index (χ4n) is 3.86. The molecule has 0 spiro atoms. The summed E-state index contributed by atoms with van der Waals surface area (Å²) in [6, 6.07) is 2.13. The molecule has 0 bridgehead atoms. The van der Waals surface area contributed by atoms with Crippen LogP contribution in [0.1, 0.15) is 39.2 Å². The molecule has 0 saturated carbocycles. The van der Waals surface area contributed by atoms with Gasteiger partial charge in [0.15, 0.2) is 11.6 Å². The summed E-state index contributed by atoms with van der Waals surface area (Å²) < 4.78 is 19.8. The number of unbranched alkanes of at least 4 members (excludes halogenated alkanes) is 1. The van der Waals surface area contributed by atoms with Gasteiger partial charge >= 0.3 is 6.03 Å². The van der Waals surface area contributed by atoms with Crippen molar-refractivity contribution in [2.24, 2.45) is 0 Å². The fourth-order valence-corrected chi connectivity index (χ4v) is 3.86. The molecule has 1 aromatic carbocycles. The first kappa shape index (κ1) is 24.5. The molecule has 1 aliphatic heterocycles. The molecule has 0 unspecified atom stereocenters. The van der Waals surface area contributed by atoms with Crippen molar-refractivity contribution in [2.45, 2.75) is 40.2 Å². The molecule has 0 atom stereocenters. The highest BCUT2D eigenvalue weighted by molar-refractivity contribution is 6.05. The smallest absolute Gasteiger partial charge is 0.330 e. The van der Waals surface area contributed by atoms with E-state index in [0.29, 0.717) is 23.9 Å². The van der Waals surface area contributed by atoms with Gasteiger partial charge in [-0.05, 0) is 39.4 Å². The summed E-state index contributed by atoms with van der Waals surface area (Å²) in [5.74, 6) is -0.244. The molecule has 9 nitrogen and oxygen atoms in total. The number of anilines is 3. The van der Waals surface area contributed by atoms with E-state index in [-0.39, 0.29) is 18.0 Å². The van der Waals surface area contributed by atoms with Crippen molar-refractivity contribution < 1.29 is 19.0 Å². The molecule has 0 aliphatic carbocycles. The molecule has 0 radical (unpaired) electrons. The van der Waals surface area contributed by atoms with Crippen LogP contribution in [0.3, 0.4) is 0 Å². The lowest BCUT2D eigenvalue weighted by Gasteiger charge is -2.35. The Bertz CT molecular complexity index is 969. The van der Waals surface area contributed by atoms with E-state index >= 15 is 0 Å². The average Bonchev–Trinajstić information content (AvgIpc) is 2.83. The molecule has 1 aromatic heterocycles. The molecule has 33 heavy (non-hydrogen) atoms. The number of phenols is 1. The number of carbonyl (C=O) groups excluding carboxylic acids is 1. The second kappa shape index (κ2) is 11.1. The molecule has 2 heterocycles. The Kier molecular flexibility index (Phi) is 8.26. The van der Waals surface area contributed by atoms with Crippen LogP contribution in [-0.2, 0) is 6.54 Å². The van der Waals surface area contributed by atoms with E-state index in [1.165, 1.54) is 29.0 Å². The first-order valence-corrected chi connectivity index (χ1v) is 11.4. The minimum absolute atomic E-state index is 0.0589. The average molecular weight is 461 g/mol. The first-order valence-electron chi connectivity index (χ1n) is 11.4. The number of phenolic OH excluding ortho intramolecular Hbond substituents is 1. The zero-order chi connectivity index (χ0) is 24.0. The lowest BCUT2D eigenvalue weighted by atomic mass is 10.1. The molecule has 1 aliphatic rings. The third kappa shape index (κ3) is 5.44. The minimum atomic E-state index is -0.882. The number of methoxy groups -OCH3 is 1. The highest BCUT2D eigenvalue weighted by Gasteiger charge is 2.34. The third-order valence-electron chi connectivity index (χ3n) is 5.82. The molecular formula is C23H33FN6O3. The van der Waals surface area contributed by atoms with Gasteiger partial charge in [-0.1, -0.05) is 13.8 Å². The van der Waals surface area contributed by atoms with Crippen LogP contribution in [0.2, 0.25) is 0 Å². The Labute approximate surface area is 194 Å². The molecular weight excluding hydrogens is 427 g/mol. The number of hydrogen-bond donors (Lipinski definition) is 2. The zero-order valence-corrected chi connectivity index (χ0v) is 19.8. The molecule has 0 fully saturated rings. The Morgan fingerprint density at radius 2 is 2.00 bits per heavy atom. The minimum Gasteiger partial charge on any atom is -0.505 e. The number of hydrogen-bond acceptors (Lipinski definition) is 7. The standard InChI is InChI=1S/C23H33FN6O3/c1-5-28(6-2)11-9-8-10-25-22-26-14-16-15-30(23(32)29(7-3)21(16)27-22)18-12-17(33-4)13-19(31)20(18)24/h12-14,31H,5-11,15H2,1-4H3,(H,25,26,27). The van der Waals surface area contributed by atoms with E-state index in [4.69, 9.17) is 4.74 Å². The predicted molar refractivity (Wildman–Crippen MR) is 127 cm³/mol. The Morgan fingerprint density at radius 1 is 1.24 bits per heavy atom. The summed E-state index contributed by atoms with van der Waals surface area (Å²) in [4.78, 5) is 27.3. The van der Waals surface area contributed by atoms with Gasteiger partial charge in [0.05, 0.1) is 19.3 Å². The number of ether oxygens (including phenoxy) is 1. The maximum atomic E-state index is 14.7. The monoisotopic (exact) mass is 460 g/mol. The normalized spacial score (nSPS) is 13.5. The van der Waals surface area contributed by atoms with Crippen molar-refractivity contribution in [1.82, 2.24) is 14.9 Å². The van der Waals surface area contributed by atoms with Crippen molar-refractivity contribution in [3.8, 4) is 11.5 Å². The number of fused-ring (bicyclic) bond motifs is 1. The second-order valence-electron chi connectivity index (χ2n) is 7.80. The summed E-state index contributed by atoms with van der Waals surface area (Å²) in [6.45, 7) is 10.5. The van der Waals surface area contributed by atoms with Crippen LogP contribution in [0, 0.1) is 5.82 Å². The predicted octanol–water partition coefficient (Wildman–Crippen LogP) is 3.83. The molecule has 180 valence electrons. The van der Waals surface area contributed by atoms with Crippen LogP contribution in [0.15, 0.2) is 18.3 Å². The van der Waals surface area contributed by atoms with Gasteiger partial charge in [-0.2, -0.15) is 4.98 Å². The second-order valence-corrected chi connectivity index (χ2v) is 7.80. The number of aromatic nitrogens is 2. The van der Waals surface area contributed by atoms with E-state index in [0.717, 1.165) is 39.0 Å². The van der Waals surface area contributed by atoms with E-state index < -0.39 is 17.6 Å². The topological polar surface area (TPSA) is 94.1 Å². The Balaban J connectivity index is 1.75.